The highest BCUT2D eigenvalue weighted by molar-refractivity contribution is 6.13. The summed E-state index contributed by atoms with van der Waals surface area (Å²) in [5.41, 5.74) is 17.0. The molecule has 0 spiro atoms. The number of hydrogen-bond donors (Lipinski definition) is 2. The Morgan fingerprint density at radius 1 is 0.861 bits per heavy atom. The number of carbonyl (C=O) groups is 1. The SMILES string of the molecule is NC(N)=Nc1ccc(CN2C(=O)[C@H](Cc3ccccc3)N=C(C3CCCCC3)c3ccccc32)cc1. The van der Waals surface area contributed by atoms with Gasteiger partial charge in [0.25, 0.3) is 5.91 Å². The standard InChI is InChI=1S/C30H33N5O/c31-30(32)33-24-17-15-22(16-18-24)20-35-27-14-8-7-13-25(27)28(23-11-5-2-6-12-23)34-26(29(35)36)19-21-9-3-1-4-10-21/h1,3-4,7-10,13-18,23,26H,2,5-6,11-12,19-20H2,(H4,31,32,33)/t26-/m0/s1. The van der Waals surface area contributed by atoms with E-state index in [1.54, 1.807) is 0 Å². The summed E-state index contributed by atoms with van der Waals surface area (Å²) in [4.78, 5) is 25.4. The summed E-state index contributed by atoms with van der Waals surface area (Å²) >= 11 is 0. The van der Waals surface area contributed by atoms with Crippen molar-refractivity contribution in [1.29, 1.82) is 0 Å². The fraction of sp³-hybridized carbons (Fsp3) is 0.300. The highest BCUT2D eigenvalue weighted by atomic mass is 16.2. The van der Waals surface area contributed by atoms with Crippen LogP contribution < -0.4 is 16.4 Å². The number of para-hydroxylation sites is 1. The number of aliphatic imine (C=N–C) groups is 2. The Morgan fingerprint density at radius 2 is 1.56 bits per heavy atom. The van der Waals surface area contributed by atoms with Gasteiger partial charge in [0, 0.05) is 23.6 Å². The number of amides is 1. The molecule has 3 aromatic rings. The van der Waals surface area contributed by atoms with E-state index in [0.717, 1.165) is 40.9 Å². The Kier molecular flexibility index (Phi) is 7.12. The Morgan fingerprint density at radius 3 is 2.28 bits per heavy atom. The average molecular weight is 480 g/mol. The molecule has 0 aromatic heterocycles. The Hall–Kier alpha value is -3.93. The monoisotopic (exact) mass is 479 g/mol. The third-order valence-corrected chi connectivity index (χ3v) is 7.12. The van der Waals surface area contributed by atoms with Gasteiger partial charge in [0.2, 0.25) is 0 Å². The minimum Gasteiger partial charge on any atom is -0.370 e. The molecule has 1 aliphatic carbocycles. The third-order valence-electron chi connectivity index (χ3n) is 7.12. The molecule has 0 radical (unpaired) electrons. The molecule has 5 rings (SSSR count). The maximum absolute atomic E-state index is 14.1. The number of fused-ring (bicyclic) bond motifs is 1. The van der Waals surface area contributed by atoms with E-state index >= 15 is 0 Å². The van der Waals surface area contributed by atoms with Gasteiger partial charge in [-0.15, -0.1) is 0 Å². The number of benzodiazepines with no additional fused rings is 1. The van der Waals surface area contributed by atoms with Crippen LogP contribution in [0.3, 0.4) is 0 Å². The number of anilines is 1. The molecular formula is C30H33N5O. The molecule has 36 heavy (non-hydrogen) atoms. The van der Waals surface area contributed by atoms with Crippen LogP contribution in [0.2, 0.25) is 0 Å². The first-order chi connectivity index (χ1) is 17.6. The molecule has 1 aliphatic heterocycles. The molecule has 3 aromatic carbocycles. The molecular weight excluding hydrogens is 446 g/mol. The molecule has 4 N–H and O–H groups in total. The van der Waals surface area contributed by atoms with Gasteiger partial charge < -0.3 is 16.4 Å². The van der Waals surface area contributed by atoms with Crippen LogP contribution in [0.5, 0.6) is 0 Å². The lowest BCUT2D eigenvalue weighted by Crippen LogP contribution is -2.38. The summed E-state index contributed by atoms with van der Waals surface area (Å²) in [6.07, 6.45) is 6.56. The van der Waals surface area contributed by atoms with Crippen LogP contribution in [-0.4, -0.2) is 23.6 Å². The maximum atomic E-state index is 14.1. The zero-order valence-electron chi connectivity index (χ0n) is 20.5. The second-order valence-corrected chi connectivity index (χ2v) is 9.70. The smallest absolute Gasteiger partial charge is 0.252 e. The van der Waals surface area contributed by atoms with Crippen LogP contribution in [0.4, 0.5) is 11.4 Å². The average Bonchev–Trinajstić information content (AvgIpc) is 3.01. The molecule has 1 saturated carbocycles. The highest BCUT2D eigenvalue weighted by Crippen LogP contribution is 2.35. The predicted molar refractivity (Wildman–Crippen MR) is 147 cm³/mol. The first-order valence-electron chi connectivity index (χ1n) is 12.8. The molecule has 1 fully saturated rings. The minimum absolute atomic E-state index is 0.0236. The summed E-state index contributed by atoms with van der Waals surface area (Å²) in [6, 6.07) is 25.7. The quantitative estimate of drug-likeness (QED) is 0.379. The second kappa shape index (κ2) is 10.8. The molecule has 1 atom stereocenters. The first-order valence-corrected chi connectivity index (χ1v) is 12.8. The molecule has 1 heterocycles. The lowest BCUT2D eigenvalue weighted by atomic mass is 9.82. The van der Waals surface area contributed by atoms with E-state index in [-0.39, 0.29) is 11.9 Å². The van der Waals surface area contributed by atoms with Gasteiger partial charge in [-0.1, -0.05) is 79.9 Å². The second-order valence-electron chi connectivity index (χ2n) is 9.70. The van der Waals surface area contributed by atoms with Crippen molar-refractivity contribution >= 4 is 29.0 Å². The van der Waals surface area contributed by atoms with Crippen molar-refractivity contribution in [2.75, 3.05) is 4.90 Å². The van der Waals surface area contributed by atoms with Crippen molar-refractivity contribution in [2.45, 2.75) is 51.1 Å². The van der Waals surface area contributed by atoms with E-state index in [4.69, 9.17) is 16.5 Å². The summed E-state index contributed by atoms with van der Waals surface area (Å²) in [5.74, 6) is 0.450. The van der Waals surface area contributed by atoms with Gasteiger partial charge in [0.15, 0.2) is 5.96 Å². The van der Waals surface area contributed by atoms with Gasteiger partial charge in [-0.05, 0) is 42.2 Å². The van der Waals surface area contributed by atoms with Crippen molar-refractivity contribution in [1.82, 2.24) is 0 Å². The van der Waals surface area contributed by atoms with Crippen molar-refractivity contribution in [3.63, 3.8) is 0 Å². The minimum atomic E-state index is -0.461. The molecule has 1 amide bonds. The van der Waals surface area contributed by atoms with E-state index in [1.165, 1.54) is 19.3 Å². The van der Waals surface area contributed by atoms with E-state index in [2.05, 4.69) is 35.3 Å². The number of benzene rings is 3. The third kappa shape index (κ3) is 5.33. The van der Waals surface area contributed by atoms with Crippen LogP contribution in [0.15, 0.2) is 88.8 Å². The highest BCUT2D eigenvalue weighted by Gasteiger charge is 2.34. The lowest BCUT2D eigenvalue weighted by molar-refractivity contribution is -0.119. The van der Waals surface area contributed by atoms with E-state index in [1.807, 2.05) is 53.4 Å². The van der Waals surface area contributed by atoms with Crippen LogP contribution in [0.1, 0.15) is 48.8 Å². The van der Waals surface area contributed by atoms with Gasteiger partial charge in [0.1, 0.15) is 6.04 Å². The van der Waals surface area contributed by atoms with Crippen LogP contribution in [0, 0.1) is 5.92 Å². The van der Waals surface area contributed by atoms with Gasteiger partial charge in [0.05, 0.1) is 17.9 Å². The van der Waals surface area contributed by atoms with Crippen LogP contribution in [0.25, 0.3) is 0 Å². The molecule has 0 saturated heterocycles. The van der Waals surface area contributed by atoms with Crippen LogP contribution >= 0.6 is 0 Å². The zero-order chi connectivity index (χ0) is 24.9. The number of guanidine groups is 1. The number of rotatable bonds is 6. The molecule has 0 bridgehead atoms. The molecule has 6 heteroatoms. The Labute approximate surface area is 212 Å². The maximum Gasteiger partial charge on any atom is 0.252 e. The fourth-order valence-electron chi connectivity index (χ4n) is 5.36. The normalized spacial score (nSPS) is 18.2. The fourth-order valence-corrected chi connectivity index (χ4v) is 5.36. The Balaban J connectivity index is 1.54. The van der Waals surface area contributed by atoms with Gasteiger partial charge in [-0.2, -0.15) is 0 Å². The van der Waals surface area contributed by atoms with Crippen LogP contribution in [-0.2, 0) is 17.8 Å². The molecule has 184 valence electrons. The van der Waals surface area contributed by atoms with Gasteiger partial charge >= 0.3 is 0 Å². The van der Waals surface area contributed by atoms with Crippen molar-refractivity contribution in [2.24, 2.45) is 27.4 Å². The summed E-state index contributed by atoms with van der Waals surface area (Å²) in [7, 11) is 0. The summed E-state index contributed by atoms with van der Waals surface area (Å²) in [6.45, 7) is 0.455. The summed E-state index contributed by atoms with van der Waals surface area (Å²) < 4.78 is 0. The molecule has 0 unspecified atom stereocenters. The van der Waals surface area contributed by atoms with Gasteiger partial charge in [-0.25, -0.2) is 4.99 Å². The van der Waals surface area contributed by atoms with Crippen molar-refractivity contribution in [3.8, 4) is 0 Å². The van der Waals surface area contributed by atoms with E-state index in [9.17, 15) is 4.79 Å². The van der Waals surface area contributed by atoms with E-state index < -0.39 is 6.04 Å². The van der Waals surface area contributed by atoms with E-state index in [0.29, 0.717) is 24.6 Å². The predicted octanol–water partition coefficient (Wildman–Crippen LogP) is 5.12. The van der Waals surface area contributed by atoms with Gasteiger partial charge in [-0.3, -0.25) is 9.79 Å². The zero-order valence-corrected chi connectivity index (χ0v) is 20.5. The molecule has 6 nitrogen and oxygen atoms in total. The van der Waals surface area contributed by atoms with Crippen molar-refractivity contribution in [3.05, 3.63) is 95.6 Å². The largest absolute Gasteiger partial charge is 0.370 e. The number of nitrogens with zero attached hydrogens (tertiary/aromatic N) is 3. The topological polar surface area (TPSA) is 97.1 Å². The Bertz CT molecular complexity index is 1260. The number of nitrogens with two attached hydrogens (primary N) is 2. The lowest BCUT2D eigenvalue weighted by Gasteiger charge is -2.26. The first kappa shape index (κ1) is 23.8. The number of hydrogen-bond acceptors (Lipinski definition) is 3. The number of carbonyl (C=O) groups excluding carboxylic acids is 1. The summed E-state index contributed by atoms with van der Waals surface area (Å²) in [5, 5.41) is 0. The molecule has 2 aliphatic rings. The van der Waals surface area contributed by atoms with Crippen molar-refractivity contribution < 1.29 is 4.79 Å².